The Morgan fingerprint density at radius 2 is 1.95 bits per heavy atom. The van der Waals surface area contributed by atoms with Crippen LogP contribution in [-0.4, -0.2) is 14.3 Å². The average Bonchev–Trinajstić information content (AvgIpc) is 2.11. The molecule has 0 radical (unpaired) electrons. The fourth-order valence-electron chi connectivity index (χ4n) is 1.50. The molecule has 0 saturated carbocycles. The molecule has 0 aliphatic heterocycles. The molecule has 0 saturated heterocycles. The highest BCUT2D eigenvalue weighted by Crippen LogP contribution is 2.21. The first-order valence-electron chi connectivity index (χ1n) is 5.61. The first-order chi connectivity index (χ1) is 8.49. The van der Waals surface area contributed by atoms with E-state index in [1.807, 2.05) is 20.8 Å². The van der Waals surface area contributed by atoms with Gasteiger partial charge in [0, 0.05) is 12.1 Å². The molecule has 3 N–H and O–H groups in total. The zero-order valence-corrected chi connectivity index (χ0v) is 11.8. The first-order valence-corrected chi connectivity index (χ1v) is 7.16. The van der Waals surface area contributed by atoms with Crippen molar-refractivity contribution in [2.45, 2.75) is 32.1 Å². The van der Waals surface area contributed by atoms with Crippen LogP contribution in [0.25, 0.3) is 0 Å². The third-order valence-electron chi connectivity index (χ3n) is 2.21. The van der Waals surface area contributed by atoms with E-state index in [0.717, 1.165) is 12.1 Å². The van der Waals surface area contributed by atoms with E-state index in [0.29, 0.717) is 0 Å². The van der Waals surface area contributed by atoms with Gasteiger partial charge in [0.1, 0.15) is 10.7 Å². The summed E-state index contributed by atoms with van der Waals surface area (Å²) >= 11 is 0. The van der Waals surface area contributed by atoms with Gasteiger partial charge in [-0.2, -0.15) is 0 Å². The van der Waals surface area contributed by atoms with Crippen LogP contribution in [0.1, 0.15) is 27.2 Å². The van der Waals surface area contributed by atoms with Crippen molar-refractivity contribution in [1.82, 2.24) is 0 Å². The molecular formula is C12H17FN2O3S. The minimum atomic E-state index is -4.10. The maximum Gasteiger partial charge on any atom is 0.240 e. The first kappa shape index (κ1) is 15.6. The van der Waals surface area contributed by atoms with Crippen molar-refractivity contribution in [3.05, 3.63) is 24.0 Å². The number of halogens is 1. The van der Waals surface area contributed by atoms with Gasteiger partial charge in [0.25, 0.3) is 0 Å². The predicted octanol–water partition coefficient (Wildman–Crippen LogP) is 1.85. The van der Waals surface area contributed by atoms with Crippen molar-refractivity contribution in [2.24, 2.45) is 10.6 Å². The van der Waals surface area contributed by atoms with E-state index in [2.05, 4.69) is 5.32 Å². The molecule has 0 aliphatic carbocycles. The van der Waals surface area contributed by atoms with Gasteiger partial charge in [0.2, 0.25) is 15.9 Å². The van der Waals surface area contributed by atoms with Gasteiger partial charge in [0.15, 0.2) is 0 Å². The summed E-state index contributed by atoms with van der Waals surface area (Å²) < 4.78 is 35.6. The minimum absolute atomic E-state index is 0.191. The van der Waals surface area contributed by atoms with Crippen LogP contribution >= 0.6 is 0 Å². The second-order valence-corrected chi connectivity index (χ2v) is 7.01. The smallest absolute Gasteiger partial charge is 0.240 e. The molecule has 0 heterocycles. The highest BCUT2D eigenvalue weighted by molar-refractivity contribution is 7.89. The molecule has 1 aromatic carbocycles. The van der Waals surface area contributed by atoms with Crippen LogP contribution in [0.15, 0.2) is 23.1 Å². The van der Waals surface area contributed by atoms with Crippen molar-refractivity contribution < 1.29 is 17.6 Å². The highest BCUT2D eigenvalue weighted by atomic mass is 32.2. The molecule has 0 aromatic heterocycles. The molecule has 7 heteroatoms. The van der Waals surface area contributed by atoms with Gasteiger partial charge >= 0.3 is 0 Å². The average molecular weight is 288 g/mol. The number of carbonyl (C=O) groups excluding carboxylic acids is 1. The Hall–Kier alpha value is -1.47. The van der Waals surface area contributed by atoms with Gasteiger partial charge in [0.05, 0.1) is 0 Å². The lowest BCUT2D eigenvalue weighted by Gasteiger charge is -2.17. The monoisotopic (exact) mass is 288 g/mol. The highest BCUT2D eigenvalue weighted by Gasteiger charge is 2.18. The molecule has 1 rings (SSSR count). The molecule has 1 amide bonds. The van der Waals surface area contributed by atoms with E-state index in [1.54, 1.807) is 0 Å². The van der Waals surface area contributed by atoms with E-state index in [-0.39, 0.29) is 23.4 Å². The number of nitrogens with two attached hydrogens (primary N) is 1. The molecule has 106 valence electrons. The summed E-state index contributed by atoms with van der Waals surface area (Å²) in [4.78, 5) is 11.0. The summed E-state index contributed by atoms with van der Waals surface area (Å²) in [6, 6.07) is 3.25. The summed E-state index contributed by atoms with van der Waals surface area (Å²) in [5.41, 5.74) is 0.00235. The Bertz CT molecular complexity index is 591. The van der Waals surface area contributed by atoms with Crippen molar-refractivity contribution >= 4 is 21.6 Å². The standard InChI is InChI=1S/C12H17FN2O3S/c1-12(2,3)7-11(16)15-8-4-5-10(9(13)6-8)19(14,17)18/h4-6H,7H2,1-3H3,(H,15,16)(H2,14,17,18). The lowest BCUT2D eigenvalue weighted by atomic mass is 9.92. The van der Waals surface area contributed by atoms with E-state index in [1.165, 1.54) is 6.07 Å². The third-order valence-corrected chi connectivity index (χ3v) is 3.16. The molecule has 0 fully saturated rings. The molecule has 1 aromatic rings. The van der Waals surface area contributed by atoms with Crippen LogP contribution in [0, 0.1) is 11.2 Å². The number of rotatable bonds is 3. The van der Waals surface area contributed by atoms with Gasteiger partial charge in [-0.3, -0.25) is 4.79 Å². The topological polar surface area (TPSA) is 89.3 Å². The van der Waals surface area contributed by atoms with E-state index < -0.39 is 20.7 Å². The predicted molar refractivity (Wildman–Crippen MR) is 70.5 cm³/mol. The lowest BCUT2D eigenvalue weighted by molar-refractivity contribution is -0.117. The Balaban J connectivity index is 2.89. The normalized spacial score (nSPS) is 12.3. The summed E-state index contributed by atoms with van der Waals surface area (Å²) in [6.07, 6.45) is 0.269. The lowest BCUT2D eigenvalue weighted by Crippen LogP contribution is -2.20. The third kappa shape index (κ3) is 4.96. The Labute approximate surface area is 112 Å². The summed E-state index contributed by atoms with van der Waals surface area (Å²) in [5.74, 6) is -1.26. The number of benzene rings is 1. The van der Waals surface area contributed by atoms with Crippen molar-refractivity contribution in [3.8, 4) is 0 Å². The number of sulfonamides is 1. The molecule has 5 nitrogen and oxygen atoms in total. The van der Waals surface area contributed by atoms with E-state index in [4.69, 9.17) is 5.14 Å². The molecule has 0 spiro atoms. The molecule has 0 atom stereocenters. The van der Waals surface area contributed by atoms with Gasteiger partial charge in [-0.1, -0.05) is 20.8 Å². The number of amides is 1. The Morgan fingerprint density at radius 1 is 1.37 bits per heavy atom. The molecule has 0 aliphatic rings. The second kappa shape index (κ2) is 5.26. The largest absolute Gasteiger partial charge is 0.326 e. The fraction of sp³-hybridized carbons (Fsp3) is 0.417. The number of hydrogen-bond donors (Lipinski definition) is 2. The van der Waals surface area contributed by atoms with Gasteiger partial charge in [-0.15, -0.1) is 0 Å². The van der Waals surface area contributed by atoms with Crippen molar-refractivity contribution in [2.75, 3.05) is 5.32 Å². The maximum atomic E-state index is 13.5. The van der Waals surface area contributed by atoms with Crippen LogP contribution in [0.4, 0.5) is 10.1 Å². The quantitative estimate of drug-likeness (QED) is 0.889. The van der Waals surface area contributed by atoms with Crippen LogP contribution in [0.5, 0.6) is 0 Å². The molecule has 19 heavy (non-hydrogen) atoms. The Kier molecular flexibility index (Phi) is 4.32. The van der Waals surface area contributed by atoms with E-state index >= 15 is 0 Å². The van der Waals surface area contributed by atoms with Gasteiger partial charge < -0.3 is 5.32 Å². The number of hydrogen-bond acceptors (Lipinski definition) is 3. The number of primary sulfonamides is 1. The minimum Gasteiger partial charge on any atom is -0.326 e. The van der Waals surface area contributed by atoms with Gasteiger partial charge in [-0.05, 0) is 23.6 Å². The summed E-state index contributed by atoms with van der Waals surface area (Å²) in [7, 11) is -4.10. The summed E-state index contributed by atoms with van der Waals surface area (Å²) in [6.45, 7) is 5.70. The Morgan fingerprint density at radius 3 is 2.37 bits per heavy atom. The number of carbonyl (C=O) groups is 1. The van der Waals surface area contributed by atoms with E-state index in [9.17, 15) is 17.6 Å². The number of nitrogens with one attached hydrogen (secondary N) is 1. The van der Waals surface area contributed by atoms with Crippen LogP contribution in [0.3, 0.4) is 0 Å². The SMILES string of the molecule is CC(C)(C)CC(=O)Nc1ccc(S(N)(=O)=O)c(F)c1. The number of anilines is 1. The fourth-order valence-corrected chi connectivity index (χ4v) is 2.08. The molecular weight excluding hydrogens is 271 g/mol. The van der Waals surface area contributed by atoms with Crippen molar-refractivity contribution in [3.63, 3.8) is 0 Å². The van der Waals surface area contributed by atoms with Crippen molar-refractivity contribution in [1.29, 1.82) is 0 Å². The zero-order valence-electron chi connectivity index (χ0n) is 11.0. The maximum absolute atomic E-state index is 13.5. The molecule has 0 unspecified atom stereocenters. The zero-order chi connectivity index (χ0) is 14.8. The van der Waals surface area contributed by atoms with Crippen LogP contribution in [-0.2, 0) is 14.8 Å². The van der Waals surface area contributed by atoms with Gasteiger partial charge in [-0.25, -0.2) is 17.9 Å². The molecule has 0 bridgehead atoms. The second-order valence-electron chi connectivity index (χ2n) is 5.48. The van der Waals surface area contributed by atoms with Crippen LogP contribution < -0.4 is 10.5 Å². The van der Waals surface area contributed by atoms with Crippen LogP contribution in [0.2, 0.25) is 0 Å². The summed E-state index contributed by atoms with van der Waals surface area (Å²) in [5, 5.41) is 7.34.